The number of hydrogen-bond donors (Lipinski definition) is 3. The van der Waals surface area contributed by atoms with Crippen molar-refractivity contribution in [3.8, 4) is 0 Å². The number of rotatable bonds is 6. The fourth-order valence-corrected chi connectivity index (χ4v) is 3.43. The number of para-hydroxylation sites is 2. The first kappa shape index (κ1) is 25.4. The van der Waals surface area contributed by atoms with Gasteiger partial charge in [-0.3, -0.25) is 9.59 Å². The molecule has 0 radical (unpaired) electrons. The molecule has 3 aromatic carbocycles. The van der Waals surface area contributed by atoms with Crippen LogP contribution in [0.25, 0.3) is 0 Å². The second-order valence-electron chi connectivity index (χ2n) is 8.06. The first-order valence-corrected chi connectivity index (χ1v) is 11.0. The predicted octanol–water partition coefficient (Wildman–Crippen LogP) is 6.80. The quantitative estimate of drug-likeness (QED) is 0.250. The molecule has 3 N–H and O–H groups in total. The molecule has 188 valence electrons. The minimum atomic E-state index is -4.84. The minimum absolute atomic E-state index is 0.00628. The molecule has 0 saturated heterocycles. The summed E-state index contributed by atoms with van der Waals surface area (Å²) in [5.74, 6) is -2.62. The van der Waals surface area contributed by atoms with Gasteiger partial charge in [0.05, 0.1) is 16.8 Å². The van der Waals surface area contributed by atoms with E-state index in [0.717, 1.165) is 5.56 Å². The van der Waals surface area contributed by atoms with Crippen molar-refractivity contribution in [3.63, 3.8) is 0 Å². The number of aryl methyl sites for hydroxylation is 1. The molecular weight excluding hydrogens is 488 g/mol. The Morgan fingerprint density at radius 3 is 2.16 bits per heavy atom. The van der Waals surface area contributed by atoms with Gasteiger partial charge in [-0.05, 0) is 55.0 Å². The highest BCUT2D eigenvalue weighted by Crippen LogP contribution is 2.31. The summed E-state index contributed by atoms with van der Waals surface area (Å²) in [6.07, 6.45) is -3.55. The summed E-state index contributed by atoms with van der Waals surface area (Å²) < 4.78 is 53.3. The van der Waals surface area contributed by atoms with Crippen LogP contribution in [-0.4, -0.2) is 16.8 Å². The normalized spacial score (nSPS) is 11.1. The number of alkyl halides is 3. The van der Waals surface area contributed by atoms with Crippen molar-refractivity contribution in [1.82, 2.24) is 4.98 Å². The van der Waals surface area contributed by atoms with Crippen LogP contribution in [0.2, 0.25) is 0 Å². The van der Waals surface area contributed by atoms with E-state index >= 15 is 0 Å². The van der Waals surface area contributed by atoms with Crippen molar-refractivity contribution in [2.24, 2.45) is 0 Å². The molecule has 0 spiro atoms. The Bertz CT molecular complexity index is 1460. The third kappa shape index (κ3) is 6.29. The van der Waals surface area contributed by atoms with Gasteiger partial charge in [-0.15, -0.1) is 0 Å². The molecule has 37 heavy (non-hydrogen) atoms. The van der Waals surface area contributed by atoms with Crippen molar-refractivity contribution in [2.75, 3.05) is 16.0 Å². The number of nitrogens with zero attached hydrogens (tertiary/aromatic N) is 1. The number of nitrogens with one attached hydrogen (secondary N) is 3. The Morgan fingerprint density at radius 2 is 1.46 bits per heavy atom. The number of carbonyl (C=O) groups is 2. The summed E-state index contributed by atoms with van der Waals surface area (Å²) in [6.45, 7) is 1.84. The zero-order chi connectivity index (χ0) is 26.6. The molecule has 10 heteroatoms. The number of aromatic nitrogens is 1. The number of anilines is 4. The Balaban J connectivity index is 1.69. The minimum Gasteiger partial charge on any atom is -0.338 e. The highest BCUT2D eigenvalue weighted by atomic mass is 19.4. The second kappa shape index (κ2) is 10.5. The summed E-state index contributed by atoms with van der Waals surface area (Å²) in [5, 5.41) is 8.20. The Labute approximate surface area is 209 Å². The molecule has 1 heterocycles. The topological polar surface area (TPSA) is 83.1 Å². The van der Waals surface area contributed by atoms with Gasteiger partial charge >= 0.3 is 6.18 Å². The zero-order valence-corrected chi connectivity index (χ0v) is 19.4. The molecule has 1 aromatic heterocycles. The van der Waals surface area contributed by atoms with Gasteiger partial charge < -0.3 is 16.0 Å². The third-order valence-electron chi connectivity index (χ3n) is 5.32. The average molecular weight is 508 g/mol. The van der Waals surface area contributed by atoms with Gasteiger partial charge in [0.2, 0.25) is 0 Å². The molecule has 0 bridgehead atoms. The van der Waals surface area contributed by atoms with Crippen molar-refractivity contribution in [1.29, 1.82) is 0 Å². The standard InChI is InChI=1S/C27H20F4N4O2/c1-16-7-5-6-10-22(16)34-24-23(13-18(15-32-24)26(37)33-21-8-3-2-4-9-21)35-25(36)17-11-19(27(29,30)31)14-20(28)12-17/h2-15H,1H3,(H,32,34)(H,33,37)(H,35,36). The van der Waals surface area contributed by atoms with Gasteiger partial charge in [0.1, 0.15) is 5.82 Å². The molecule has 0 aliphatic rings. The first-order chi connectivity index (χ1) is 17.6. The van der Waals surface area contributed by atoms with Crippen LogP contribution in [0.5, 0.6) is 0 Å². The van der Waals surface area contributed by atoms with Crippen molar-refractivity contribution >= 4 is 34.7 Å². The summed E-state index contributed by atoms with van der Waals surface area (Å²) in [5.41, 5.74) is 0.263. The van der Waals surface area contributed by atoms with Crippen LogP contribution < -0.4 is 16.0 Å². The van der Waals surface area contributed by atoms with E-state index in [9.17, 15) is 27.2 Å². The maximum atomic E-state index is 13.9. The number of pyridine rings is 1. The third-order valence-corrected chi connectivity index (χ3v) is 5.32. The first-order valence-electron chi connectivity index (χ1n) is 11.0. The number of carbonyl (C=O) groups excluding carboxylic acids is 2. The highest BCUT2D eigenvalue weighted by Gasteiger charge is 2.32. The van der Waals surface area contributed by atoms with Crippen LogP contribution in [0.3, 0.4) is 0 Å². The lowest BCUT2D eigenvalue weighted by Crippen LogP contribution is -2.18. The molecule has 0 aliphatic heterocycles. The molecule has 2 amide bonds. The van der Waals surface area contributed by atoms with E-state index in [1.165, 1.54) is 12.3 Å². The molecule has 4 aromatic rings. The van der Waals surface area contributed by atoms with Gasteiger partial charge in [0.25, 0.3) is 11.8 Å². The van der Waals surface area contributed by atoms with E-state index in [1.807, 2.05) is 19.1 Å². The molecule has 6 nitrogen and oxygen atoms in total. The van der Waals surface area contributed by atoms with E-state index in [1.54, 1.807) is 42.5 Å². The van der Waals surface area contributed by atoms with Crippen molar-refractivity contribution in [2.45, 2.75) is 13.1 Å². The second-order valence-corrected chi connectivity index (χ2v) is 8.06. The lowest BCUT2D eigenvalue weighted by Gasteiger charge is -2.16. The van der Waals surface area contributed by atoms with Gasteiger partial charge in [-0.1, -0.05) is 36.4 Å². The van der Waals surface area contributed by atoms with Crippen molar-refractivity contribution in [3.05, 3.63) is 113 Å². The number of hydrogen-bond acceptors (Lipinski definition) is 4. The average Bonchev–Trinajstić information content (AvgIpc) is 2.86. The lowest BCUT2D eigenvalue weighted by atomic mass is 10.1. The van der Waals surface area contributed by atoms with E-state index in [0.29, 0.717) is 29.6 Å². The van der Waals surface area contributed by atoms with Crippen LogP contribution in [0.15, 0.2) is 85.1 Å². The molecule has 4 rings (SSSR count). The predicted molar refractivity (Wildman–Crippen MR) is 132 cm³/mol. The molecular formula is C27H20F4N4O2. The molecule has 0 aliphatic carbocycles. The largest absolute Gasteiger partial charge is 0.416 e. The monoisotopic (exact) mass is 508 g/mol. The van der Waals surface area contributed by atoms with Crippen LogP contribution in [0.4, 0.5) is 40.4 Å². The van der Waals surface area contributed by atoms with Gasteiger partial charge in [-0.2, -0.15) is 13.2 Å². The highest BCUT2D eigenvalue weighted by molar-refractivity contribution is 6.08. The molecule has 0 fully saturated rings. The van der Waals surface area contributed by atoms with Crippen LogP contribution in [-0.2, 0) is 6.18 Å². The van der Waals surface area contributed by atoms with Crippen LogP contribution in [0.1, 0.15) is 31.8 Å². The number of amides is 2. The smallest absolute Gasteiger partial charge is 0.338 e. The van der Waals surface area contributed by atoms with Gasteiger partial charge in [-0.25, -0.2) is 9.37 Å². The maximum Gasteiger partial charge on any atom is 0.416 e. The van der Waals surface area contributed by atoms with Gasteiger partial charge in [0, 0.05) is 23.1 Å². The summed E-state index contributed by atoms with van der Waals surface area (Å²) >= 11 is 0. The lowest BCUT2D eigenvalue weighted by molar-refractivity contribution is -0.137. The number of halogens is 4. The summed E-state index contributed by atoms with van der Waals surface area (Å²) in [7, 11) is 0. The molecule has 0 atom stereocenters. The number of benzene rings is 3. The van der Waals surface area contributed by atoms with Gasteiger partial charge in [0.15, 0.2) is 5.82 Å². The van der Waals surface area contributed by atoms with E-state index in [2.05, 4.69) is 20.9 Å². The van der Waals surface area contributed by atoms with E-state index in [-0.39, 0.29) is 17.1 Å². The van der Waals surface area contributed by atoms with Crippen molar-refractivity contribution < 1.29 is 27.2 Å². The molecule has 0 unspecified atom stereocenters. The van der Waals surface area contributed by atoms with Crippen LogP contribution in [0, 0.1) is 12.7 Å². The van der Waals surface area contributed by atoms with E-state index < -0.39 is 34.9 Å². The Morgan fingerprint density at radius 1 is 0.784 bits per heavy atom. The fraction of sp³-hybridized carbons (Fsp3) is 0.0741. The van der Waals surface area contributed by atoms with E-state index in [4.69, 9.17) is 0 Å². The van der Waals surface area contributed by atoms with Crippen LogP contribution >= 0.6 is 0 Å². The fourth-order valence-electron chi connectivity index (χ4n) is 3.43. The molecule has 0 saturated carbocycles. The summed E-state index contributed by atoms with van der Waals surface area (Å²) in [6, 6.07) is 18.7. The Kier molecular flexibility index (Phi) is 7.19. The Hall–Kier alpha value is -4.73. The summed E-state index contributed by atoms with van der Waals surface area (Å²) in [4.78, 5) is 29.9. The zero-order valence-electron chi connectivity index (χ0n) is 19.4. The maximum absolute atomic E-state index is 13.9. The SMILES string of the molecule is Cc1ccccc1Nc1ncc(C(=O)Nc2ccccc2)cc1NC(=O)c1cc(F)cc(C(F)(F)F)c1.